The molecule has 0 unspecified atom stereocenters. The minimum absolute atomic E-state index is 0. The molecule has 0 aliphatic heterocycles. The van der Waals surface area contributed by atoms with E-state index in [1.54, 1.807) is 0 Å². The van der Waals surface area contributed by atoms with E-state index in [1.165, 1.54) is 17.1 Å². The molecule has 3 rings (SSSR count). The maximum atomic E-state index is 13.8. The van der Waals surface area contributed by atoms with Crippen LogP contribution in [0.15, 0.2) is 48.8 Å². The van der Waals surface area contributed by atoms with Crippen molar-refractivity contribution >= 4 is 23.4 Å². The fraction of sp³-hybridized carbons (Fsp3) is 0.176. The maximum absolute atomic E-state index is 13.8. The van der Waals surface area contributed by atoms with E-state index in [2.05, 4.69) is 9.97 Å². The van der Waals surface area contributed by atoms with Crippen LogP contribution in [-0.2, 0) is 12.7 Å². The average Bonchev–Trinajstić information content (AvgIpc) is 2.96. The second-order valence-corrected chi connectivity index (χ2v) is 5.54. The average molecular weight is 405 g/mol. The number of nitrogens with zero attached hydrogens (tertiary/aromatic N) is 3. The number of allylic oxidation sites excluding steroid dienone is 1. The highest BCUT2D eigenvalue weighted by atomic mass is 35.5. The van der Waals surface area contributed by atoms with Crippen LogP contribution in [0.4, 0.5) is 22.0 Å². The Morgan fingerprint density at radius 2 is 1.93 bits per heavy atom. The molecule has 2 heterocycles. The van der Waals surface area contributed by atoms with Crippen LogP contribution in [-0.4, -0.2) is 21.1 Å². The molecule has 0 bridgehead atoms. The SMILES string of the molecule is Cl.NC/C=C(\F)Cn1cnc2c(-c3cncc(F)c3)cc(C(F)(F)F)cc21. The standard InChI is InChI=1S/C17H13F5N4.ClH/c18-12(1-2-23)8-26-9-25-16-14(10-3-13(19)7-24-6-10)4-11(5-15(16)26)17(20,21)22;/h1,3-7,9H,2,8,23H2;1H/b12-1-;. The number of imidazole rings is 1. The summed E-state index contributed by atoms with van der Waals surface area (Å²) in [6.07, 6.45) is -0.0991. The van der Waals surface area contributed by atoms with Crippen molar-refractivity contribution in [1.29, 1.82) is 0 Å². The Labute approximate surface area is 156 Å². The van der Waals surface area contributed by atoms with Crippen molar-refractivity contribution in [2.75, 3.05) is 6.54 Å². The van der Waals surface area contributed by atoms with Crippen molar-refractivity contribution in [3.05, 3.63) is 60.2 Å². The van der Waals surface area contributed by atoms with Crippen LogP contribution in [0, 0.1) is 5.82 Å². The van der Waals surface area contributed by atoms with E-state index in [9.17, 15) is 22.0 Å². The molecule has 0 aliphatic carbocycles. The van der Waals surface area contributed by atoms with Crippen LogP contribution in [0.5, 0.6) is 0 Å². The van der Waals surface area contributed by atoms with Gasteiger partial charge in [0.1, 0.15) is 11.6 Å². The van der Waals surface area contributed by atoms with Gasteiger partial charge in [0.2, 0.25) is 0 Å². The Bertz CT molecular complexity index is 981. The Kier molecular flexibility index (Phi) is 6.17. The van der Waals surface area contributed by atoms with E-state index in [-0.39, 0.29) is 47.7 Å². The van der Waals surface area contributed by atoms with Crippen LogP contribution in [0.1, 0.15) is 5.56 Å². The molecule has 0 radical (unpaired) electrons. The minimum atomic E-state index is -4.63. The Hall–Kier alpha value is -2.52. The topological polar surface area (TPSA) is 56.7 Å². The first-order valence-corrected chi connectivity index (χ1v) is 7.51. The molecule has 0 saturated heterocycles. The Morgan fingerprint density at radius 3 is 2.56 bits per heavy atom. The van der Waals surface area contributed by atoms with Crippen LogP contribution in [0.3, 0.4) is 0 Å². The van der Waals surface area contributed by atoms with Gasteiger partial charge in [-0.1, -0.05) is 0 Å². The summed E-state index contributed by atoms with van der Waals surface area (Å²) in [5.41, 5.74) is 4.74. The Balaban J connectivity index is 0.00000261. The van der Waals surface area contributed by atoms with E-state index in [0.29, 0.717) is 0 Å². The zero-order valence-electron chi connectivity index (χ0n) is 13.7. The highest BCUT2D eigenvalue weighted by Crippen LogP contribution is 2.37. The highest BCUT2D eigenvalue weighted by Gasteiger charge is 2.32. The van der Waals surface area contributed by atoms with Gasteiger partial charge in [0.25, 0.3) is 0 Å². The molecule has 0 aliphatic rings. The molecular formula is C17H14ClF5N4. The minimum Gasteiger partial charge on any atom is -0.327 e. The van der Waals surface area contributed by atoms with Crippen molar-refractivity contribution in [3.63, 3.8) is 0 Å². The van der Waals surface area contributed by atoms with Gasteiger partial charge in [-0.2, -0.15) is 13.2 Å². The van der Waals surface area contributed by atoms with Gasteiger partial charge in [0.05, 0.1) is 35.7 Å². The molecule has 3 aromatic rings. The Morgan fingerprint density at radius 1 is 1.19 bits per heavy atom. The lowest BCUT2D eigenvalue weighted by Gasteiger charge is -2.11. The summed E-state index contributed by atoms with van der Waals surface area (Å²) in [6.45, 7) is -0.345. The van der Waals surface area contributed by atoms with Crippen molar-refractivity contribution in [1.82, 2.24) is 14.5 Å². The number of aromatic nitrogens is 3. The normalized spacial score (nSPS) is 12.3. The van der Waals surface area contributed by atoms with Crippen LogP contribution in [0.2, 0.25) is 0 Å². The maximum Gasteiger partial charge on any atom is 0.416 e. The van der Waals surface area contributed by atoms with Gasteiger partial charge < -0.3 is 10.3 Å². The lowest BCUT2D eigenvalue weighted by atomic mass is 10.0. The van der Waals surface area contributed by atoms with Gasteiger partial charge in [0.15, 0.2) is 0 Å². The molecule has 10 heteroatoms. The van der Waals surface area contributed by atoms with Gasteiger partial charge in [-0.3, -0.25) is 4.98 Å². The molecule has 0 atom stereocenters. The summed E-state index contributed by atoms with van der Waals surface area (Å²) in [5.74, 6) is -1.29. The largest absolute Gasteiger partial charge is 0.416 e. The van der Waals surface area contributed by atoms with Crippen LogP contribution in [0.25, 0.3) is 22.2 Å². The van der Waals surface area contributed by atoms with Crippen LogP contribution >= 0.6 is 12.4 Å². The van der Waals surface area contributed by atoms with E-state index < -0.39 is 23.4 Å². The van der Waals surface area contributed by atoms with Gasteiger partial charge in [-0.25, -0.2) is 13.8 Å². The molecule has 2 N–H and O–H groups in total. The summed E-state index contributed by atoms with van der Waals surface area (Å²) in [4.78, 5) is 7.75. The third kappa shape index (κ3) is 4.42. The highest BCUT2D eigenvalue weighted by molar-refractivity contribution is 5.92. The van der Waals surface area contributed by atoms with E-state index in [4.69, 9.17) is 5.73 Å². The summed E-state index contributed by atoms with van der Waals surface area (Å²) >= 11 is 0. The number of rotatable bonds is 4. The third-order valence-electron chi connectivity index (χ3n) is 3.73. The van der Waals surface area contributed by atoms with E-state index in [0.717, 1.165) is 30.5 Å². The number of nitrogens with two attached hydrogens (primary N) is 1. The molecule has 2 aromatic heterocycles. The third-order valence-corrected chi connectivity index (χ3v) is 3.73. The van der Waals surface area contributed by atoms with E-state index in [1.807, 2.05) is 0 Å². The van der Waals surface area contributed by atoms with Gasteiger partial charge >= 0.3 is 6.18 Å². The van der Waals surface area contributed by atoms with Crippen molar-refractivity contribution in [2.45, 2.75) is 12.7 Å². The zero-order valence-corrected chi connectivity index (χ0v) is 14.5. The molecule has 0 fully saturated rings. The second-order valence-electron chi connectivity index (χ2n) is 5.54. The second kappa shape index (κ2) is 8.01. The summed E-state index contributed by atoms with van der Waals surface area (Å²) in [5, 5.41) is 0. The fourth-order valence-electron chi connectivity index (χ4n) is 2.59. The lowest BCUT2D eigenvalue weighted by molar-refractivity contribution is -0.137. The van der Waals surface area contributed by atoms with Crippen molar-refractivity contribution in [2.24, 2.45) is 5.73 Å². The van der Waals surface area contributed by atoms with Crippen molar-refractivity contribution in [3.8, 4) is 11.1 Å². The number of fused-ring (bicyclic) bond motifs is 1. The van der Waals surface area contributed by atoms with Crippen molar-refractivity contribution < 1.29 is 22.0 Å². The number of alkyl halides is 3. The van der Waals surface area contributed by atoms with Crippen LogP contribution < -0.4 is 5.73 Å². The van der Waals surface area contributed by atoms with Gasteiger partial charge in [0, 0.05) is 23.9 Å². The number of benzene rings is 1. The predicted octanol–water partition coefficient (Wildman–Crippen LogP) is 4.49. The molecule has 0 spiro atoms. The predicted molar refractivity (Wildman–Crippen MR) is 93.4 cm³/mol. The molecular weight excluding hydrogens is 391 g/mol. The first-order valence-electron chi connectivity index (χ1n) is 7.51. The number of hydrogen-bond acceptors (Lipinski definition) is 3. The van der Waals surface area contributed by atoms with E-state index >= 15 is 0 Å². The molecule has 0 saturated carbocycles. The first-order chi connectivity index (χ1) is 12.3. The lowest BCUT2D eigenvalue weighted by Crippen LogP contribution is -2.06. The van der Waals surface area contributed by atoms with Gasteiger partial charge in [-0.05, 0) is 24.3 Å². The summed E-state index contributed by atoms with van der Waals surface area (Å²) in [6, 6.07) is 2.83. The molecule has 27 heavy (non-hydrogen) atoms. The zero-order chi connectivity index (χ0) is 18.9. The number of pyridine rings is 1. The first kappa shape index (κ1) is 20.8. The molecule has 4 nitrogen and oxygen atoms in total. The molecule has 144 valence electrons. The monoisotopic (exact) mass is 404 g/mol. The van der Waals surface area contributed by atoms with Gasteiger partial charge in [-0.15, -0.1) is 12.4 Å². The molecule has 0 amide bonds. The number of hydrogen-bond donors (Lipinski definition) is 1. The summed E-state index contributed by atoms with van der Waals surface area (Å²) < 4.78 is 68.3. The molecule has 1 aromatic carbocycles. The smallest absolute Gasteiger partial charge is 0.327 e. The quantitative estimate of drug-likeness (QED) is 0.652. The fourth-order valence-corrected chi connectivity index (χ4v) is 2.59. The summed E-state index contributed by atoms with van der Waals surface area (Å²) in [7, 11) is 0. The number of halogens is 6.